The van der Waals surface area contributed by atoms with Crippen LogP contribution in [0.3, 0.4) is 0 Å². The molecule has 6 nitrogen and oxygen atoms in total. The predicted molar refractivity (Wildman–Crippen MR) is 108 cm³/mol. The maximum Gasteiger partial charge on any atom is 0.262 e. The van der Waals surface area contributed by atoms with Crippen LogP contribution in [0.25, 0.3) is 10.9 Å². The summed E-state index contributed by atoms with van der Waals surface area (Å²) in [5.74, 6) is -4.41. The second-order valence-electron chi connectivity index (χ2n) is 6.80. The van der Waals surface area contributed by atoms with Gasteiger partial charge < -0.3 is 15.5 Å². The monoisotopic (exact) mass is 436 g/mol. The van der Waals surface area contributed by atoms with Crippen molar-refractivity contribution in [2.75, 3.05) is 13.2 Å². The van der Waals surface area contributed by atoms with Gasteiger partial charge in [-0.2, -0.15) is 0 Å². The summed E-state index contributed by atoms with van der Waals surface area (Å²) in [4.78, 5) is 25.6. The molecule has 1 heterocycles. The molecular weight excluding hydrogens is 418 g/mol. The molecule has 158 valence electrons. The molecule has 2 aromatic carbocycles. The van der Waals surface area contributed by atoms with Crippen molar-refractivity contribution in [3.8, 4) is 5.75 Å². The molecule has 1 aromatic heterocycles. The van der Waals surface area contributed by atoms with Gasteiger partial charge in [0.1, 0.15) is 5.82 Å². The summed E-state index contributed by atoms with van der Waals surface area (Å²) in [6, 6.07) is 6.01. The number of nitrogens with one attached hydrogen (secondary N) is 1. The Morgan fingerprint density at radius 3 is 2.57 bits per heavy atom. The maximum absolute atomic E-state index is 14.9. The number of carbonyl (C=O) groups is 2. The zero-order chi connectivity index (χ0) is 22.2. The zero-order valence-corrected chi connectivity index (χ0v) is 16.9. The molecule has 0 aliphatic rings. The molecule has 0 radical (unpaired) electrons. The number of aromatic hydroxyl groups is 1. The van der Waals surface area contributed by atoms with E-state index in [1.54, 1.807) is 0 Å². The number of amides is 1. The molecule has 1 amide bonds. The summed E-state index contributed by atoms with van der Waals surface area (Å²) in [5.41, 5.74) is 0.576. The molecule has 9 heteroatoms. The molecule has 30 heavy (non-hydrogen) atoms. The number of rotatable bonds is 5. The summed E-state index contributed by atoms with van der Waals surface area (Å²) in [5, 5.41) is 21.1. The molecule has 1 unspecified atom stereocenters. The molecule has 0 saturated heterocycles. The molecule has 1 atom stereocenters. The van der Waals surface area contributed by atoms with Crippen LogP contribution in [0.1, 0.15) is 34.5 Å². The molecule has 0 aliphatic heterocycles. The van der Waals surface area contributed by atoms with Crippen LogP contribution in [0.5, 0.6) is 5.75 Å². The van der Waals surface area contributed by atoms with Gasteiger partial charge in [0, 0.05) is 23.2 Å². The van der Waals surface area contributed by atoms with Gasteiger partial charge in [0.15, 0.2) is 11.6 Å². The summed E-state index contributed by atoms with van der Waals surface area (Å²) < 4.78 is 29.9. The Hall–Kier alpha value is -2.97. The molecule has 3 aromatic rings. The minimum Gasteiger partial charge on any atom is -0.505 e. The van der Waals surface area contributed by atoms with E-state index in [1.807, 2.05) is 0 Å². The van der Waals surface area contributed by atoms with E-state index >= 15 is 0 Å². The highest BCUT2D eigenvalue weighted by molar-refractivity contribution is 6.30. The molecule has 0 aliphatic carbocycles. The number of hydrogen-bond acceptors (Lipinski definition) is 4. The second-order valence-corrected chi connectivity index (χ2v) is 7.20. The van der Waals surface area contributed by atoms with Crippen molar-refractivity contribution in [2.45, 2.75) is 19.8 Å². The quantitative estimate of drug-likeness (QED) is 0.571. The number of phenolic OH excluding ortho intramolecular Hbond substituents is 1. The zero-order valence-electron chi connectivity index (χ0n) is 16.2. The first-order valence-electron chi connectivity index (χ1n) is 9.09. The Bertz CT molecular complexity index is 1160. The first-order chi connectivity index (χ1) is 14.2. The Labute approximate surface area is 175 Å². The second kappa shape index (κ2) is 8.41. The first-order valence-corrected chi connectivity index (χ1v) is 9.47. The third-order valence-electron chi connectivity index (χ3n) is 4.94. The van der Waals surface area contributed by atoms with E-state index in [0.29, 0.717) is 0 Å². The Kier molecular flexibility index (Phi) is 6.09. The number of nitrogens with zero attached hydrogens (tertiary/aromatic N) is 1. The van der Waals surface area contributed by atoms with Crippen LogP contribution in [0.4, 0.5) is 8.78 Å². The fourth-order valence-electron chi connectivity index (χ4n) is 3.49. The topological polar surface area (TPSA) is 91.6 Å². The first kappa shape index (κ1) is 21.7. The van der Waals surface area contributed by atoms with Crippen LogP contribution in [0.2, 0.25) is 5.02 Å². The molecule has 0 spiro atoms. The van der Waals surface area contributed by atoms with Crippen molar-refractivity contribution in [3.63, 3.8) is 0 Å². The smallest absolute Gasteiger partial charge is 0.262 e. The highest BCUT2D eigenvalue weighted by atomic mass is 35.5. The highest BCUT2D eigenvalue weighted by Crippen LogP contribution is 2.37. The van der Waals surface area contributed by atoms with E-state index in [2.05, 4.69) is 5.32 Å². The minimum atomic E-state index is -0.971. The number of hydrogen-bond donors (Lipinski definition) is 3. The number of carbonyl (C=O) groups excluding carboxylic acids is 2. The largest absolute Gasteiger partial charge is 0.505 e. The molecule has 0 saturated carbocycles. The number of fused-ring (bicyclic) bond motifs is 1. The summed E-state index contributed by atoms with van der Waals surface area (Å²) in [6.45, 7) is 2.80. The van der Waals surface area contributed by atoms with Crippen molar-refractivity contribution in [3.05, 3.63) is 63.8 Å². The fourth-order valence-corrected chi connectivity index (χ4v) is 3.61. The van der Waals surface area contributed by atoms with Crippen molar-refractivity contribution in [2.24, 2.45) is 0 Å². The van der Waals surface area contributed by atoms with Crippen molar-refractivity contribution < 1.29 is 28.6 Å². The summed E-state index contributed by atoms with van der Waals surface area (Å²) in [7, 11) is 0. The van der Waals surface area contributed by atoms with E-state index in [1.165, 1.54) is 36.6 Å². The van der Waals surface area contributed by atoms with Gasteiger partial charge in [-0.1, -0.05) is 11.6 Å². The Morgan fingerprint density at radius 1 is 1.23 bits per heavy atom. The van der Waals surface area contributed by atoms with Gasteiger partial charge in [-0.15, -0.1) is 0 Å². The molecule has 3 N–H and O–H groups in total. The van der Waals surface area contributed by atoms with Crippen LogP contribution < -0.4 is 5.32 Å². The summed E-state index contributed by atoms with van der Waals surface area (Å²) in [6.07, 6.45) is 0. The van der Waals surface area contributed by atoms with Gasteiger partial charge in [-0.3, -0.25) is 14.2 Å². The van der Waals surface area contributed by atoms with Gasteiger partial charge >= 0.3 is 0 Å². The van der Waals surface area contributed by atoms with E-state index in [4.69, 9.17) is 16.7 Å². The third kappa shape index (κ3) is 3.64. The number of benzene rings is 2. The SMILES string of the molecule is Cc1c(C(C)C(=O)NCCO)c2c(F)c(O)ccc2n1C(=O)c1ccc(Cl)c(F)c1. The number of aliphatic hydroxyl groups excluding tert-OH is 1. The van der Waals surface area contributed by atoms with E-state index in [9.17, 15) is 23.5 Å². The van der Waals surface area contributed by atoms with Gasteiger partial charge in [0.2, 0.25) is 5.91 Å². The van der Waals surface area contributed by atoms with E-state index < -0.39 is 35.1 Å². The van der Waals surface area contributed by atoms with Crippen molar-refractivity contribution in [1.82, 2.24) is 9.88 Å². The van der Waals surface area contributed by atoms with E-state index in [0.717, 1.165) is 12.1 Å². The van der Waals surface area contributed by atoms with Crippen LogP contribution in [0, 0.1) is 18.6 Å². The fraction of sp³-hybridized carbons (Fsp3) is 0.238. The Balaban J connectivity index is 2.24. The van der Waals surface area contributed by atoms with E-state index in [-0.39, 0.29) is 45.9 Å². The lowest BCUT2D eigenvalue weighted by Gasteiger charge is -2.13. The molecule has 0 bridgehead atoms. The average molecular weight is 437 g/mol. The third-order valence-corrected chi connectivity index (χ3v) is 5.25. The number of phenols is 1. The van der Waals surface area contributed by atoms with Gasteiger partial charge in [0.05, 0.1) is 23.1 Å². The molecule has 0 fully saturated rings. The summed E-state index contributed by atoms with van der Waals surface area (Å²) >= 11 is 5.69. The normalized spacial score (nSPS) is 12.2. The van der Waals surface area contributed by atoms with Gasteiger partial charge in [-0.25, -0.2) is 8.78 Å². The number of aliphatic hydroxyl groups is 1. The predicted octanol–water partition coefficient (Wildman–Crippen LogP) is 3.49. The van der Waals surface area contributed by atoms with Crippen molar-refractivity contribution >= 4 is 34.3 Å². The van der Waals surface area contributed by atoms with Crippen LogP contribution in [-0.4, -0.2) is 39.7 Å². The van der Waals surface area contributed by atoms with Gasteiger partial charge in [0.25, 0.3) is 5.91 Å². The Morgan fingerprint density at radius 2 is 1.93 bits per heavy atom. The molecule has 3 rings (SSSR count). The lowest BCUT2D eigenvalue weighted by atomic mass is 9.96. The lowest BCUT2D eigenvalue weighted by Crippen LogP contribution is -2.30. The number of aromatic nitrogens is 1. The maximum atomic E-state index is 14.9. The van der Waals surface area contributed by atoms with Crippen LogP contribution in [0.15, 0.2) is 30.3 Å². The average Bonchev–Trinajstić information content (AvgIpc) is 3.02. The van der Waals surface area contributed by atoms with Gasteiger partial charge in [-0.05, 0) is 49.7 Å². The highest BCUT2D eigenvalue weighted by Gasteiger charge is 2.29. The van der Waals surface area contributed by atoms with Crippen molar-refractivity contribution in [1.29, 1.82) is 0 Å². The van der Waals surface area contributed by atoms with Crippen LogP contribution >= 0.6 is 11.6 Å². The molecular formula is C21H19ClF2N2O4. The lowest BCUT2D eigenvalue weighted by molar-refractivity contribution is -0.122. The van der Waals surface area contributed by atoms with Crippen LogP contribution in [-0.2, 0) is 4.79 Å². The standard InChI is InChI=1S/C21H19ClF2N2O4/c1-10(20(29)25-7-8-27)17-11(2)26(15-5-6-16(28)19(24)18(15)17)21(30)12-3-4-13(22)14(23)9-12/h3-6,9-10,27-28H,7-8H2,1-2H3,(H,25,29). The number of halogens is 3. The minimum absolute atomic E-state index is 0.0115.